The van der Waals surface area contributed by atoms with Gasteiger partial charge in [-0.2, -0.15) is 5.26 Å². The van der Waals surface area contributed by atoms with Crippen LogP contribution >= 0.6 is 0 Å². The fraction of sp³-hybridized carbons (Fsp3) is 0.158. The van der Waals surface area contributed by atoms with Crippen molar-refractivity contribution in [2.24, 2.45) is 0 Å². The van der Waals surface area contributed by atoms with Gasteiger partial charge in [-0.05, 0) is 31.2 Å². The molecule has 0 radical (unpaired) electrons. The van der Waals surface area contributed by atoms with Gasteiger partial charge < -0.3 is 9.47 Å². The number of pyridine rings is 1. The summed E-state index contributed by atoms with van der Waals surface area (Å²) < 4.78 is 11.0. The first kappa shape index (κ1) is 15.0. The Morgan fingerprint density at radius 3 is 2.78 bits per heavy atom. The Bertz CT molecular complexity index is 863. The zero-order valence-corrected chi connectivity index (χ0v) is 12.8. The van der Waals surface area contributed by atoms with Crippen molar-refractivity contribution in [3.63, 3.8) is 0 Å². The molecule has 1 aromatic heterocycles. The summed E-state index contributed by atoms with van der Waals surface area (Å²) in [5.41, 5.74) is 3.24. The van der Waals surface area contributed by atoms with Crippen LogP contribution in [0, 0.1) is 11.3 Å². The molecule has 0 fully saturated rings. The van der Waals surface area contributed by atoms with Crippen molar-refractivity contribution in [3.05, 3.63) is 60.3 Å². The highest BCUT2D eigenvalue weighted by atomic mass is 16.7. The molecule has 0 amide bonds. The number of hydrogen-bond donors (Lipinski definition) is 0. The minimum atomic E-state index is 0.174. The maximum absolute atomic E-state index is 9.20. The van der Waals surface area contributed by atoms with Gasteiger partial charge >= 0.3 is 0 Å². The summed E-state index contributed by atoms with van der Waals surface area (Å²) in [5, 5.41) is 10.2. The number of nitriles is 1. The van der Waals surface area contributed by atoms with Crippen LogP contribution in [0.2, 0.25) is 0 Å². The fourth-order valence-electron chi connectivity index (χ4n) is 2.45. The summed E-state index contributed by atoms with van der Waals surface area (Å²) in [4.78, 5) is 4.48. The van der Waals surface area contributed by atoms with Crippen LogP contribution in [-0.2, 0) is 4.74 Å². The second-order valence-corrected chi connectivity index (χ2v) is 4.96. The highest BCUT2D eigenvalue weighted by Crippen LogP contribution is 2.35. The van der Waals surface area contributed by atoms with Gasteiger partial charge in [0.1, 0.15) is 5.75 Å². The summed E-state index contributed by atoms with van der Waals surface area (Å²) >= 11 is 0. The van der Waals surface area contributed by atoms with Crippen LogP contribution in [0.25, 0.3) is 22.0 Å². The minimum absolute atomic E-state index is 0.174. The molecular weight excluding hydrogens is 288 g/mol. The van der Waals surface area contributed by atoms with Gasteiger partial charge in [0.15, 0.2) is 6.79 Å². The number of para-hydroxylation sites is 1. The smallest absolute Gasteiger partial charge is 0.189 e. The first-order valence-electron chi connectivity index (χ1n) is 7.42. The van der Waals surface area contributed by atoms with Crippen LogP contribution in [0.15, 0.2) is 54.7 Å². The number of fused-ring (bicyclic) bond motifs is 1. The lowest BCUT2D eigenvalue weighted by Gasteiger charge is -2.13. The molecule has 23 heavy (non-hydrogen) atoms. The van der Waals surface area contributed by atoms with E-state index in [1.54, 1.807) is 18.3 Å². The number of rotatable bonds is 5. The zero-order valence-electron chi connectivity index (χ0n) is 12.8. The van der Waals surface area contributed by atoms with Crippen LogP contribution in [0.1, 0.15) is 12.5 Å². The van der Waals surface area contributed by atoms with Gasteiger partial charge in [0, 0.05) is 29.3 Å². The largest absolute Gasteiger partial charge is 0.467 e. The third-order valence-corrected chi connectivity index (χ3v) is 3.53. The molecule has 0 saturated heterocycles. The molecule has 0 N–H and O–H groups in total. The first-order valence-corrected chi connectivity index (χ1v) is 7.42. The lowest BCUT2D eigenvalue weighted by atomic mass is 9.99. The Balaban J connectivity index is 2.14. The van der Waals surface area contributed by atoms with E-state index in [1.165, 1.54) is 0 Å². The third kappa shape index (κ3) is 3.15. The minimum Gasteiger partial charge on any atom is -0.467 e. The van der Waals surface area contributed by atoms with Crippen molar-refractivity contribution in [1.82, 2.24) is 4.98 Å². The Morgan fingerprint density at radius 2 is 1.96 bits per heavy atom. The van der Waals surface area contributed by atoms with E-state index in [1.807, 2.05) is 43.3 Å². The van der Waals surface area contributed by atoms with E-state index in [4.69, 9.17) is 9.47 Å². The fourth-order valence-corrected chi connectivity index (χ4v) is 2.45. The normalized spacial score (nSPS) is 10.4. The maximum atomic E-state index is 9.20. The summed E-state index contributed by atoms with van der Waals surface area (Å²) in [6.45, 7) is 2.67. The molecule has 4 heteroatoms. The Kier molecular flexibility index (Phi) is 4.51. The highest BCUT2D eigenvalue weighted by Gasteiger charge is 2.12. The predicted octanol–water partition coefficient (Wildman–Crippen LogP) is 4.15. The lowest BCUT2D eigenvalue weighted by Crippen LogP contribution is -2.03. The van der Waals surface area contributed by atoms with Gasteiger partial charge in [-0.3, -0.25) is 4.98 Å². The molecule has 0 aliphatic carbocycles. The van der Waals surface area contributed by atoms with Gasteiger partial charge in [-0.25, -0.2) is 0 Å². The van der Waals surface area contributed by atoms with Crippen molar-refractivity contribution < 1.29 is 9.47 Å². The topological polar surface area (TPSA) is 55.1 Å². The van der Waals surface area contributed by atoms with E-state index >= 15 is 0 Å². The van der Waals surface area contributed by atoms with E-state index in [0.29, 0.717) is 17.9 Å². The Labute approximate surface area is 134 Å². The van der Waals surface area contributed by atoms with E-state index < -0.39 is 0 Å². The molecule has 0 unspecified atom stereocenters. The monoisotopic (exact) mass is 304 g/mol. The molecule has 0 spiro atoms. The van der Waals surface area contributed by atoms with E-state index in [-0.39, 0.29) is 6.79 Å². The number of aromatic nitrogens is 1. The molecule has 0 saturated carbocycles. The average Bonchev–Trinajstić information content (AvgIpc) is 2.61. The molecule has 0 atom stereocenters. The van der Waals surface area contributed by atoms with Crippen LogP contribution in [0.4, 0.5) is 0 Å². The van der Waals surface area contributed by atoms with E-state index in [0.717, 1.165) is 22.0 Å². The predicted molar refractivity (Wildman–Crippen MR) is 89.0 cm³/mol. The van der Waals surface area contributed by atoms with E-state index in [9.17, 15) is 5.26 Å². The second-order valence-electron chi connectivity index (χ2n) is 4.96. The van der Waals surface area contributed by atoms with Crippen LogP contribution in [0.3, 0.4) is 0 Å². The van der Waals surface area contributed by atoms with Crippen LogP contribution < -0.4 is 4.74 Å². The quantitative estimate of drug-likeness (QED) is 0.525. The lowest BCUT2D eigenvalue weighted by molar-refractivity contribution is 0.0227. The summed E-state index contributed by atoms with van der Waals surface area (Å²) in [5.74, 6) is 0.676. The van der Waals surface area contributed by atoms with Crippen molar-refractivity contribution >= 4 is 10.9 Å². The van der Waals surface area contributed by atoms with E-state index in [2.05, 4.69) is 11.1 Å². The summed E-state index contributed by atoms with van der Waals surface area (Å²) in [7, 11) is 0. The molecular formula is C19H16N2O2. The molecule has 0 aliphatic heterocycles. The van der Waals surface area contributed by atoms with Crippen molar-refractivity contribution in [2.45, 2.75) is 6.92 Å². The highest BCUT2D eigenvalue weighted by molar-refractivity contribution is 5.95. The molecule has 2 aromatic carbocycles. The van der Waals surface area contributed by atoms with Gasteiger partial charge in [0.05, 0.1) is 17.1 Å². The molecule has 0 bridgehead atoms. The second kappa shape index (κ2) is 6.91. The number of ether oxygens (including phenoxy) is 2. The maximum Gasteiger partial charge on any atom is 0.189 e. The molecule has 4 nitrogen and oxygen atoms in total. The van der Waals surface area contributed by atoms with Crippen LogP contribution in [-0.4, -0.2) is 18.4 Å². The van der Waals surface area contributed by atoms with Gasteiger partial charge in [0.25, 0.3) is 0 Å². The standard InChI is InChI=1S/C19H16N2O2/c1-2-22-13-23-18-9-8-14(12-20)11-17(18)16-7-3-5-15-6-4-10-21-19(15)16/h3-11H,2,13H2,1H3. The molecule has 3 aromatic rings. The zero-order chi connectivity index (χ0) is 16.1. The number of nitrogens with zero attached hydrogens (tertiary/aromatic N) is 2. The van der Waals surface area contributed by atoms with Crippen molar-refractivity contribution in [3.8, 4) is 22.9 Å². The molecule has 114 valence electrons. The van der Waals surface area contributed by atoms with Gasteiger partial charge in [0.2, 0.25) is 0 Å². The molecule has 0 aliphatic rings. The molecule has 1 heterocycles. The Morgan fingerprint density at radius 1 is 1.09 bits per heavy atom. The number of benzene rings is 2. The Hall–Kier alpha value is -2.90. The average molecular weight is 304 g/mol. The SMILES string of the molecule is CCOCOc1ccc(C#N)cc1-c1cccc2cccnc12. The summed E-state index contributed by atoms with van der Waals surface area (Å²) in [6.07, 6.45) is 1.76. The van der Waals surface area contributed by atoms with Crippen molar-refractivity contribution in [1.29, 1.82) is 5.26 Å². The van der Waals surface area contributed by atoms with Crippen LogP contribution in [0.5, 0.6) is 5.75 Å². The first-order chi connectivity index (χ1) is 11.3. The third-order valence-electron chi connectivity index (χ3n) is 3.53. The summed E-state index contributed by atoms with van der Waals surface area (Å²) in [6, 6.07) is 17.4. The van der Waals surface area contributed by atoms with Gasteiger partial charge in [-0.15, -0.1) is 0 Å². The molecule has 3 rings (SSSR count). The number of hydrogen-bond acceptors (Lipinski definition) is 4. The van der Waals surface area contributed by atoms with Crippen molar-refractivity contribution in [2.75, 3.05) is 13.4 Å². The van der Waals surface area contributed by atoms with Gasteiger partial charge in [-0.1, -0.05) is 24.3 Å².